The maximum Gasteiger partial charge on any atom is 0.0735 e. The Kier molecular flexibility index (Phi) is 4.91. The van der Waals surface area contributed by atoms with Crippen LogP contribution in [-0.2, 0) is 11.2 Å². The van der Waals surface area contributed by atoms with Crippen molar-refractivity contribution in [2.45, 2.75) is 44.4 Å². The van der Waals surface area contributed by atoms with Crippen molar-refractivity contribution in [3.05, 3.63) is 33.8 Å². The van der Waals surface area contributed by atoms with Gasteiger partial charge in [0.25, 0.3) is 0 Å². The lowest BCUT2D eigenvalue weighted by atomic mass is 9.99. The van der Waals surface area contributed by atoms with Crippen molar-refractivity contribution in [2.24, 2.45) is 0 Å². The van der Waals surface area contributed by atoms with Gasteiger partial charge in [-0.25, -0.2) is 0 Å². The summed E-state index contributed by atoms with van der Waals surface area (Å²) >= 11 is 12.4. The van der Waals surface area contributed by atoms with Gasteiger partial charge >= 0.3 is 0 Å². The van der Waals surface area contributed by atoms with Crippen molar-refractivity contribution in [3.63, 3.8) is 0 Å². The third kappa shape index (κ3) is 3.18. The van der Waals surface area contributed by atoms with Gasteiger partial charge in [0.1, 0.15) is 0 Å². The summed E-state index contributed by atoms with van der Waals surface area (Å²) < 4.78 is 5.92. The smallest absolute Gasteiger partial charge is 0.0735 e. The summed E-state index contributed by atoms with van der Waals surface area (Å²) in [5, 5.41) is 4.79. The van der Waals surface area contributed by atoms with Crippen molar-refractivity contribution in [2.75, 3.05) is 7.05 Å². The molecule has 3 unspecified atom stereocenters. The summed E-state index contributed by atoms with van der Waals surface area (Å²) in [4.78, 5) is 0. The summed E-state index contributed by atoms with van der Waals surface area (Å²) in [5.41, 5.74) is 1.00. The predicted molar refractivity (Wildman–Crippen MR) is 76.6 cm³/mol. The van der Waals surface area contributed by atoms with E-state index in [1.807, 2.05) is 25.2 Å². The van der Waals surface area contributed by atoms with Gasteiger partial charge in [-0.2, -0.15) is 0 Å². The Hall–Kier alpha value is -0.280. The van der Waals surface area contributed by atoms with Crippen molar-refractivity contribution in [1.82, 2.24) is 5.32 Å². The lowest BCUT2D eigenvalue weighted by Gasteiger charge is -2.24. The maximum absolute atomic E-state index is 6.21. The first-order chi connectivity index (χ1) is 8.61. The Morgan fingerprint density at radius 2 is 2.00 bits per heavy atom. The summed E-state index contributed by atoms with van der Waals surface area (Å²) in [7, 11) is 1.96. The van der Waals surface area contributed by atoms with Crippen LogP contribution in [0.4, 0.5) is 0 Å². The second-order valence-electron chi connectivity index (χ2n) is 4.86. The maximum atomic E-state index is 6.21. The molecule has 0 amide bonds. The van der Waals surface area contributed by atoms with Crippen LogP contribution in [-0.4, -0.2) is 25.3 Å². The topological polar surface area (TPSA) is 21.3 Å². The van der Waals surface area contributed by atoms with E-state index in [0.717, 1.165) is 34.9 Å². The molecule has 1 fully saturated rings. The highest BCUT2D eigenvalue weighted by molar-refractivity contribution is 6.36. The SMILES string of the molecule is CNC(Cc1c(Cl)cccc1Cl)C1CCC(C)O1. The van der Waals surface area contributed by atoms with Gasteiger partial charge in [-0.3, -0.25) is 0 Å². The van der Waals surface area contributed by atoms with E-state index in [2.05, 4.69) is 12.2 Å². The van der Waals surface area contributed by atoms with Crippen LogP contribution in [0.25, 0.3) is 0 Å². The molecule has 4 heteroatoms. The van der Waals surface area contributed by atoms with E-state index in [-0.39, 0.29) is 12.1 Å². The molecule has 1 aromatic rings. The minimum Gasteiger partial charge on any atom is -0.374 e. The van der Waals surface area contributed by atoms with Crippen LogP contribution in [0.15, 0.2) is 18.2 Å². The molecule has 0 saturated carbocycles. The summed E-state index contributed by atoms with van der Waals surface area (Å²) in [6.45, 7) is 2.12. The molecular formula is C14H19Cl2NO. The van der Waals surface area contributed by atoms with Crippen LogP contribution in [0, 0.1) is 0 Å². The quantitative estimate of drug-likeness (QED) is 0.912. The number of hydrogen-bond donors (Lipinski definition) is 1. The van der Waals surface area contributed by atoms with E-state index >= 15 is 0 Å². The molecule has 18 heavy (non-hydrogen) atoms. The fourth-order valence-electron chi connectivity index (χ4n) is 2.50. The lowest BCUT2D eigenvalue weighted by Crippen LogP contribution is -2.39. The molecule has 0 spiro atoms. The fourth-order valence-corrected chi connectivity index (χ4v) is 3.05. The van der Waals surface area contributed by atoms with Crippen LogP contribution in [0.5, 0.6) is 0 Å². The Morgan fingerprint density at radius 3 is 2.50 bits per heavy atom. The second-order valence-corrected chi connectivity index (χ2v) is 5.68. The number of rotatable bonds is 4. The normalized spacial score (nSPS) is 25.3. The molecule has 0 radical (unpaired) electrons. The van der Waals surface area contributed by atoms with Crippen LogP contribution in [0.2, 0.25) is 10.0 Å². The molecule has 1 aromatic carbocycles. The fraction of sp³-hybridized carbons (Fsp3) is 0.571. The molecule has 100 valence electrons. The second kappa shape index (κ2) is 6.25. The van der Waals surface area contributed by atoms with E-state index in [4.69, 9.17) is 27.9 Å². The van der Waals surface area contributed by atoms with Gasteiger partial charge in [-0.05, 0) is 50.9 Å². The molecule has 2 rings (SSSR count). The molecule has 1 heterocycles. The van der Waals surface area contributed by atoms with Gasteiger partial charge in [-0.15, -0.1) is 0 Å². The van der Waals surface area contributed by atoms with Gasteiger partial charge in [-0.1, -0.05) is 29.3 Å². The first-order valence-corrected chi connectivity index (χ1v) is 7.13. The largest absolute Gasteiger partial charge is 0.374 e. The zero-order valence-electron chi connectivity index (χ0n) is 10.7. The van der Waals surface area contributed by atoms with Crippen LogP contribution in [0.3, 0.4) is 0 Å². The molecule has 1 aliphatic heterocycles. The first-order valence-electron chi connectivity index (χ1n) is 6.37. The van der Waals surface area contributed by atoms with Crippen LogP contribution < -0.4 is 5.32 Å². The van der Waals surface area contributed by atoms with E-state index in [9.17, 15) is 0 Å². The molecule has 0 bridgehead atoms. The highest BCUT2D eigenvalue weighted by atomic mass is 35.5. The monoisotopic (exact) mass is 287 g/mol. The van der Waals surface area contributed by atoms with E-state index in [1.54, 1.807) is 0 Å². The third-order valence-corrected chi connectivity index (χ3v) is 4.28. The lowest BCUT2D eigenvalue weighted by molar-refractivity contribution is 0.0337. The number of likely N-dealkylation sites (N-methyl/N-ethyl adjacent to an activating group) is 1. The standard InChI is InChI=1S/C14H19Cl2NO/c1-9-6-7-14(18-9)13(17-2)8-10-11(15)4-3-5-12(10)16/h3-5,9,13-14,17H,6-8H2,1-2H3. The van der Waals surface area contributed by atoms with Gasteiger partial charge in [0.05, 0.1) is 12.2 Å². The van der Waals surface area contributed by atoms with Crippen molar-refractivity contribution in [3.8, 4) is 0 Å². The Balaban J connectivity index is 2.10. The third-order valence-electron chi connectivity index (χ3n) is 3.57. The van der Waals surface area contributed by atoms with Crippen molar-refractivity contribution >= 4 is 23.2 Å². The molecule has 0 aliphatic carbocycles. The van der Waals surface area contributed by atoms with Crippen molar-refractivity contribution < 1.29 is 4.74 Å². The number of benzene rings is 1. The molecule has 2 nitrogen and oxygen atoms in total. The Labute approximate surface area is 119 Å². The summed E-state index contributed by atoms with van der Waals surface area (Å²) in [5.74, 6) is 0. The van der Waals surface area contributed by atoms with Crippen LogP contribution in [0.1, 0.15) is 25.3 Å². The van der Waals surface area contributed by atoms with Crippen LogP contribution >= 0.6 is 23.2 Å². The zero-order valence-corrected chi connectivity index (χ0v) is 12.3. The molecule has 1 aliphatic rings. The van der Waals surface area contributed by atoms with E-state index in [0.29, 0.717) is 6.10 Å². The Morgan fingerprint density at radius 1 is 1.33 bits per heavy atom. The number of halogens is 2. The van der Waals surface area contributed by atoms with Gasteiger partial charge in [0.15, 0.2) is 0 Å². The van der Waals surface area contributed by atoms with Gasteiger partial charge in [0.2, 0.25) is 0 Å². The number of ether oxygens (including phenoxy) is 1. The van der Waals surface area contributed by atoms with E-state index < -0.39 is 0 Å². The Bertz CT molecular complexity index is 391. The van der Waals surface area contributed by atoms with Gasteiger partial charge in [0, 0.05) is 16.1 Å². The molecule has 0 aromatic heterocycles. The first kappa shape index (κ1) is 14.1. The molecular weight excluding hydrogens is 269 g/mol. The predicted octanol–water partition coefficient (Wildman–Crippen LogP) is 3.69. The average Bonchev–Trinajstić information content (AvgIpc) is 2.76. The summed E-state index contributed by atoms with van der Waals surface area (Å²) in [6.07, 6.45) is 3.62. The minimum atomic E-state index is 0.248. The van der Waals surface area contributed by atoms with Crippen molar-refractivity contribution in [1.29, 1.82) is 0 Å². The highest BCUT2D eigenvalue weighted by Crippen LogP contribution is 2.29. The number of nitrogens with one attached hydrogen (secondary N) is 1. The minimum absolute atomic E-state index is 0.248. The summed E-state index contributed by atoms with van der Waals surface area (Å²) in [6, 6.07) is 5.89. The molecule has 1 saturated heterocycles. The number of hydrogen-bond acceptors (Lipinski definition) is 2. The zero-order chi connectivity index (χ0) is 13.1. The van der Waals surface area contributed by atoms with Gasteiger partial charge < -0.3 is 10.1 Å². The molecule has 1 N–H and O–H groups in total. The highest BCUT2D eigenvalue weighted by Gasteiger charge is 2.29. The van der Waals surface area contributed by atoms with E-state index in [1.165, 1.54) is 0 Å². The molecule has 3 atom stereocenters. The average molecular weight is 288 g/mol.